The number of amides is 2. The van der Waals surface area contributed by atoms with Crippen molar-refractivity contribution in [3.05, 3.63) is 111 Å². The Hall–Kier alpha value is -3.55. The number of nitrogens with zero attached hydrogens (tertiary/aromatic N) is 1. The van der Waals surface area contributed by atoms with Crippen LogP contribution in [0.4, 0.5) is 4.79 Å². The van der Waals surface area contributed by atoms with Gasteiger partial charge in [0.1, 0.15) is 6.61 Å². The first-order valence-electron chi connectivity index (χ1n) is 11.3. The average Bonchev–Trinajstić information content (AvgIpc) is 3.16. The summed E-state index contributed by atoms with van der Waals surface area (Å²) in [7, 11) is 1.58. The van der Waals surface area contributed by atoms with Crippen LogP contribution in [0.1, 0.15) is 16.7 Å². The molecule has 0 aliphatic carbocycles. The Labute approximate surface area is 221 Å². The van der Waals surface area contributed by atoms with Crippen LogP contribution in [0.5, 0.6) is 11.5 Å². The first-order valence-corrected chi connectivity index (χ1v) is 12.9. The molecule has 0 N–H and O–H groups in total. The minimum Gasteiger partial charge on any atom is -0.493 e. The second-order valence-corrected chi connectivity index (χ2v) is 10.1. The van der Waals surface area contributed by atoms with Gasteiger partial charge in [0.15, 0.2) is 11.5 Å². The summed E-state index contributed by atoms with van der Waals surface area (Å²) in [6, 6.07) is 27.2. The fourth-order valence-corrected chi connectivity index (χ4v) is 5.13. The maximum absolute atomic E-state index is 13.2. The number of hydrogen-bond acceptors (Lipinski definition) is 5. The van der Waals surface area contributed by atoms with Crippen LogP contribution in [0, 0.1) is 0 Å². The first kappa shape index (κ1) is 24.2. The lowest BCUT2D eigenvalue weighted by atomic mass is 10.0. The zero-order chi connectivity index (χ0) is 25.1. The van der Waals surface area contributed by atoms with Crippen molar-refractivity contribution < 1.29 is 19.1 Å². The highest BCUT2D eigenvalue weighted by atomic mass is 79.9. The van der Waals surface area contributed by atoms with E-state index in [0.29, 0.717) is 23.0 Å². The molecule has 1 heterocycles. The van der Waals surface area contributed by atoms with Crippen molar-refractivity contribution in [2.45, 2.75) is 13.2 Å². The molecule has 1 aliphatic rings. The van der Waals surface area contributed by atoms with Crippen LogP contribution in [-0.4, -0.2) is 23.2 Å². The highest BCUT2D eigenvalue weighted by molar-refractivity contribution is 9.10. The van der Waals surface area contributed by atoms with Crippen LogP contribution in [0.25, 0.3) is 16.8 Å². The summed E-state index contributed by atoms with van der Waals surface area (Å²) in [4.78, 5) is 27.6. The average molecular weight is 560 g/mol. The van der Waals surface area contributed by atoms with Gasteiger partial charge in [-0.3, -0.25) is 14.5 Å². The molecule has 0 bridgehead atoms. The van der Waals surface area contributed by atoms with Gasteiger partial charge in [-0.2, -0.15) is 0 Å². The van der Waals surface area contributed by atoms with Gasteiger partial charge in [-0.05, 0) is 69.6 Å². The van der Waals surface area contributed by atoms with E-state index in [9.17, 15) is 9.59 Å². The molecule has 5 rings (SSSR count). The van der Waals surface area contributed by atoms with Gasteiger partial charge in [0, 0.05) is 4.47 Å². The van der Waals surface area contributed by atoms with Crippen molar-refractivity contribution in [3.8, 4) is 11.5 Å². The Bertz CT molecular complexity index is 1480. The molecule has 2 amide bonds. The second kappa shape index (κ2) is 10.6. The molecule has 0 aromatic heterocycles. The lowest BCUT2D eigenvalue weighted by molar-refractivity contribution is -0.123. The Morgan fingerprint density at radius 2 is 1.69 bits per heavy atom. The zero-order valence-corrected chi connectivity index (χ0v) is 21.8. The van der Waals surface area contributed by atoms with E-state index in [0.717, 1.165) is 43.7 Å². The first-order chi connectivity index (χ1) is 17.5. The molecule has 7 heteroatoms. The standard InChI is InChI=1S/C29H22BrNO4S/c1-34-25-14-11-20(15-26(25)35-18-19-9-12-23(30)13-10-19)16-27-28(32)31(29(33)36-27)17-22-7-4-6-21-5-2-3-8-24(21)22/h2-16H,17-18H2,1H3/b27-16-. The largest absolute Gasteiger partial charge is 0.493 e. The van der Waals surface area contributed by atoms with E-state index < -0.39 is 0 Å². The number of carbonyl (C=O) groups excluding carboxylic acids is 2. The molecule has 4 aromatic carbocycles. The van der Waals surface area contributed by atoms with Crippen molar-refractivity contribution in [3.63, 3.8) is 0 Å². The lowest BCUT2D eigenvalue weighted by Gasteiger charge is -2.14. The predicted molar refractivity (Wildman–Crippen MR) is 147 cm³/mol. The molecule has 1 saturated heterocycles. The number of rotatable bonds is 7. The van der Waals surface area contributed by atoms with Crippen molar-refractivity contribution in [1.29, 1.82) is 0 Å². The molecule has 0 unspecified atom stereocenters. The van der Waals surface area contributed by atoms with Gasteiger partial charge in [0.2, 0.25) is 0 Å². The van der Waals surface area contributed by atoms with Crippen LogP contribution in [0.3, 0.4) is 0 Å². The summed E-state index contributed by atoms with van der Waals surface area (Å²) in [5, 5.41) is 1.83. The molecule has 1 fully saturated rings. The number of fused-ring (bicyclic) bond motifs is 1. The quantitative estimate of drug-likeness (QED) is 0.220. The Kier molecular flexibility index (Phi) is 7.11. The van der Waals surface area contributed by atoms with Gasteiger partial charge >= 0.3 is 0 Å². The summed E-state index contributed by atoms with van der Waals surface area (Å²) < 4.78 is 12.5. The van der Waals surface area contributed by atoms with Gasteiger partial charge in [-0.15, -0.1) is 0 Å². The Morgan fingerprint density at radius 3 is 2.50 bits per heavy atom. The number of thioether (sulfide) groups is 1. The molecule has 1 aliphatic heterocycles. The van der Waals surface area contributed by atoms with Crippen molar-refractivity contribution >= 4 is 55.7 Å². The summed E-state index contributed by atoms with van der Waals surface area (Å²) in [6.07, 6.45) is 1.72. The van der Waals surface area contributed by atoms with E-state index in [4.69, 9.17) is 9.47 Å². The summed E-state index contributed by atoms with van der Waals surface area (Å²) in [6.45, 7) is 0.599. The fourth-order valence-electron chi connectivity index (χ4n) is 4.03. The molecule has 180 valence electrons. The van der Waals surface area contributed by atoms with E-state index in [2.05, 4.69) is 15.9 Å². The third kappa shape index (κ3) is 5.17. The van der Waals surface area contributed by atoms with Gasteiger partial charge in [-0.1, -0.05) is 76.6 Å². The van der Waals surface area contributed by atoms with Crippen LogP contribution in [-0.2, 0) is 17.9 Å². The second-order valence-electron chi connectivity index (χ2n) is 8.23. The highest BCUT2D eigenvalue weighted by Gasteiger charge is 2.35. The minimum absolute atomic E-state index is 0.230. The molecule has 5 nitrogen and oxygen atoms in total. The van der Waals surface area contributed by atoms with Crippen LogP contribution < -0.4 is 9.47 Å². The smallest absolute Gasteiger partial charge is 0.293 e. The maximum atomic E-state index is 13.2. The third-order valence-electron chi connectivity index (χ3n) is 5.88. The molecule has 0 spiro atoms. The molecule has 0 radical (unpaired) electrons. The monoisotopic (exact) mass is 559 g/mol. The third-order valence-corrected chi connectivity index (χ3v) is 7.31. The number of hydrogen-bond donors (Lipinski definition) is 0. The number of benzene rings is 4. The van der Waals surface area contributed by atoms with Gasteiger partial charge in [0.05, 0.1) is 18.6 Å². The molecular formula is C29H22BrNO4S. The van der Waals surface area contributed by atoms with E-state index in [1.54, 1.807) is 19.3 Å². The molecular weight excluding hydrogens is 538 g/mol. The van der Waals surface area contributed by atoms with E-state index in [-0.39, 0.29) is 17.7 Å². The molecule has 0 saturated carbocycles. The van der Waals surface area contributed by atoms with Gasteiger partial charge in [0.25, 0.3) is 11.1 Å². The van der Waals surface area contributed by atoms with Crippen molar-refractivity contribution in [2.24, 2.45) is 0 Å². The van der Waals surface area contributed by atoms with Crippen molar-refractivity contribution in [2.75, 3.05) is 7.11 Å². The number of carbonyl (C=O) groups is 2. The van der Waals surface area contributed by atoms with E-state index in [1.807, 2.05) is 78.9 Å². The molecule has 0 atom stereocenters. The predicted octanol–water partition coefficient (Wildman–Crippen LogP) is 7.43. The number of imide groups is 1. The van der Waals surface area contributed by atoms with Crippen LogP contribution in [0.2, 0.25) is 0 Å². The van der Waals surface area contributed by atoms with E-state index >= 15 is 0 Å². The highest BCUT2D eigenvalue weighted by Crippen LogP contribution is 2.36. The van der Waals surface area contributed by atoms with Gasteiger partial charge in [-0.25, -0.2) is 0 Å². The number of methoxy groups -OCH3 is 1. The summed E-state index contributed by atoms with van der Waals surface area (Å²) >= 11 is 4.38. The summed E-state index contributed by atoms with van der Waals surface area (Å²) in [5.41, 5.74) is 2.70. The zero-order valence-electron chi connectivity index (χ0n) is 19.4. The normalized spacial score (nSPS) is 14.6. The maximum Gasteiger partial charge on any atom is 0.293 e. The summed E-state index contributed by atoms with van der Waals surface area (Å²) in [5.74, 6) is 0.851. The van der Waals surface area contributed by atoms with E-state index in [1.165, 1.54) is 4.90 Å². The number of halogens is 1. The van der Waals surface area contributed by atoms with Crippen LogP contribution in [0.15, 0.2) is 94.3 Å². The number of ether oxygens (including phenoxy) is 2. The Morgan fingerprint density at radius 1 is 0.917 bits per heavy atom. The minimum atomic E-state index is -0.300. The van der Waals surface area contributed by atoms with Gasteiger partial charge < -0.3 is 9.47 Å². The topological polar surface area (TPSA) is 55.8 Å². The fraction of sp³-hybridized carbons (Fsp3) is 0.103. The molecule has 4 aromatic rings. The Balaban J connectivity index is 1.36. The SMILES string of the molecule is COc1ccc(/C=C2\SC(=O)N(Cc3cccc4ccccc34)C2=O)cc1OCc1ccc(Br)cc1. The van der Waals surface area contributed by atoms with Crippen molar-refractivity contribution in [1.82, 2.24) is 4.90 Å². The van der Waals surface area contributed by atoms with Crippen LogP contribution >= 0.6 is 27.7 Å². The molecule has 36 heavy (non-hydrogen) atoms. The lowest BCUT2D eigenvalue weighted by Crippen LogP contribution is -2.27.